The molecular weight excluding hydrogens is 455 g/mol. The molecular formula is C19H19IN6O. The predicted octanol–water partition coefficient (Wildman–Crippen LogP) is 3.85. The van der Waals surface area contributed by atoms with Crippen molar-refractivity contribution in [3.05, 3.63) is 66.2 Å². The second-order valence-corrected chi connectivity index (χ2v) is 6.32. The van der Waals surface area contributed by atoms with E-state index in [1.165, 1.54) is 0 Å². The summed E-state index contributed by atoms with van der Waals surface area (Å²) in [5.74, 6) is 0.932. The Morgan fingerprint density at radius 3 is 2.48 bits per heavy atom. The molecule has 0 unspecified atom stereocenters. The Hall–Kier alpha value is -2.88. The van der Waals surface area contributed by atoms with E-state index in [4.69, 9.17) is 5.73 Å². The third-order valence-corrected chi connectivity index (χ3v) is 4.32. The SMILES string of the molecule is Nc1nc(NCCc2ccc(NC(=O)NI)cc2)cc(-c2ccccc2)n1. The summed E-state index contributed by atoms with van der Waals surface area (Å²) >= 11 is 1.79. The minimum Gasteiger partial charge on any atom is -0.370 e. The predicted molar refractivity (Wildman–Crippen MR) is 117 cm³/mol. The quantitative estimate of drug-likeness (QED) is 0.321. The van der Waals surface area contributed by atoms with Crippen LogP contribution in [0, 0.1) is 0 Å². The van der Waals surface area contributed by atoms with Gasteiger partial charge < -0.3 is 16.4 Å². The largest absolute Gasteiger partial charge is 0.370 e. The summed E-state index contributed by atoms with van der Waals surface area (Å²) in [6.45, 7) is 0.700. The first kappa shape index (κ1) is 18.9. The number of urea groups is 1. The number of rotatable bonds is 6. The highest BCUT2D eigenvalue weighted by Gasteiger charge is 2.05. The average molecular weight is 474 g/mol. The molecule has 1 heterocycles. The van der Waals surface area contributed by atoms with E-state index in [1.807, 2.05) is 60.7 Å². The van der Waals surface area contributed by atoms with E-state index in [9.17, 15) is 4.79 Å². The van der Waals surface area contributed by atoms with Crippen molar-refractivity contribution in [2.24, 2.45) is 0 Å². The number of nitrogens with one attached hydrogen (secondary N) is 3. The molecule has 0 saturated heterocycles. The summed E-state index contributed by atoms with van der Waals surface area (Å²) < 4.78 is 2.49. The summed E-state index contributed by atoms with van der Waals surface area (Å²) in [6.07, 6.45) is 0.809. The molecule has 7 nitrogen and oxygen atoms in total. The third kappa shape index (κ3) is 5.55. The monoisotopic (exact) mass is 474 g/mol. The van der Waals surface area contributed by atoms with Crippen LogP contribution >= 0.6 is 22.9 Å². The van der Waals surface area contributed by atoms with Gasteiger partial charge in [-0.25, -0.2) is 9.78 Å². The van der Waals surface area contributed by atoms with Crippen LogP contribution < -0.4 is 19.9 Å². The van der Waals surface area contributed by atoms with Crippen molar-refractivity contribution in [3.63, 3.8) is 0 Å². The van der Waals surface area contributed by atoms with E-state index in [-0.39, 0.29) is 12.0 Å². The number of hydrogen-bond donors (Lipinski definition) is 4. The molecule has 2 amide bonds. The van der Waals surface area contributed by atoms with Crippen LogP contribution in [0.3, 0.4) is 0 Å². The first-order valence-corrected chi connectivity index (χ1v) is 9.42. The summed E-state index contributed by atoms with van der Waals surface area (Å²) in [6, 6.07) is 19.2. The van der Waals surface area contributed by atoms with Crippen LogP contribution in [0.1, 0.15) is 5.56 Å². The number of hydrogen-bond acceptors (Lipinski definition) is 5. The number of nitrogens with zero attached hydrogens (tertiary/aromatic N) is 2. The molecule has 0 aliphatic carbocycles. The van der Waals surface area contributed by atoms with Gasteiger partial charge in [0.15, 0.2) is 0 Å². The number of carbonyl (C=O) groups excluding carboxylic acids is 1. The van der Waals surface area contributed by atoms with E-state index in [2.05, 4.69) is 24.1 Å². The number of anilines is 3. The van der Waals surface area contributed by atoms with Gasteiger partial charge in [0.25, 0.3) is 0 Å². The molecule has 0 fully saturated rings. The van der Waals surface area contributed by atoms with Crippen molar-refractivity contribution in [1.82, 2.24) is 13.5 Å². The number of carbonyl (C=O) groups is 1. The minimum absolute atomic E-state index is 0.239. The smallest absolute Gasteiger partial charge is 0.327 e. The number of nitrogens with two attached hydrogens (primary N) is 1. The lowest BCUT2D eigenvalue weighted by atomic mass is 10.1. The van der Waals surface area contributed by atoms with Crippen LogP contribution in [0.5, 0.6) is 0 Å². The Balaban J connectivity index is 1.59. The van der Waals surface area contributed by atoms with Gasteiger partial charge in [0, 0.05) is 23.9 Å². The molecule has 0 spiro atoms. The van der Waals surface area contributed by atoms with Gasteiger partial charge >= 0.3 is 6.03 Å². The Morgan fingerprint density at radius 1 is 1.04 bits per heavy atom. The Labute approximate surface area is 171 Å². The zero-order chi connectivity index (χ0) is 19.1. The maximum atomic E-state index is 11.3. The second-order valence-electron chi connectivity index (χ2n) is 5.78. The number of aromatic nitrogens is 2. The fraction of sp³-hybridized carbons (Fsp3) is 0.105. The molecule has 5 N–H and O–H groups in total. The first-order valence-electron chi connectivity index (χ1n) is 8.34. The van der Waals surface area contributed by atoms with Crippen molar-refractivity contribution in [2.75, 3.05) is 22.9 Å². The van der Waals surface area contributed by atoms with E-state index in [0.717, 1.165) is 28.9 Å². The van der Waals surface area contributed by atoms with Gasteiger partial charge in [-0.1, -0.05) is 42.5 Å². The number of halogens is 1. The van der Waals surface area contributed by atoms with E-state index in [0.29, 0.717) is 12.4 Å². The molecule has 0 aliphatic heterocycles. The van der Waals surface area contributed by atoms with E-state index >= 15 is 0 Å². The Bertz CT molecular complexity index is 902. The topological polar surface area (TPSA) is 105 Å². The molecule has 138 valence electrons. The van der Waals surface area contributed by atoms with Crippen LogP contribution in [-0.2, 0) is 6.42 Å². The molecule has 27 heavy (non-hydrogen) atoms. The van der Waals surface area contributed by atoms with Crippen molar-refractivity contribution in [2.45, 2.75) is 6.42 Å². The van der Waals surface area contributed by atoms with Crippen LogP contribution in [0.15, 0.2) is 60.7 Å². The molecule has 3 aromatic rings. The maximum absolute atomic E-state index is 11.3. The fourth-order valence-electron chi connectivity index (χ4n) is 2.56. The number of benzene rings is 2. The molecule has 0 aliphatic rings. The number of amides is 2. The summed E-state index contributed by atoms with van der Waals surface area (Å²) in [7, 11) is 0. The zero-order valence-corrected chi connectivity index (χ0v) is 16.6. The van der Waals surface area contributed by atoms with Crippen molar-refractivity contribution in [1.29, 1.82) is 0 Å². The lowest BCUT2D eigenvalue weighted by Gasteiger charge is -2.09. The van der Waals surface area contributed by atoms with Crippen LogP contribution in [0.4, 0.5) is 22.2 Å². The van der Waals surface area contributed by atoms with Crippen LogP contribution in [0.25, 0.3) is 11.3 Å². The lowest BCUT2D eigenvalue weighted by Crippen LogP contribution is -2.19. The highest BCUT2D eigenvalue weighted by molar-refractivity contribution is 14.1. The molecule has 0 saturated carbocycles. The molecule has 0 radical (unpaired) electrons. The van der Waals surface area contributed by atoms with Gasteiger partial charge in [0.1, 0.15) is 5.82 Å². The van der Waals surface area contributed by atoms with E-state index in [1.54, 1.807) is 22.9 Å². The summed E-state index contributed by atoms with van der Waals surface area (Å²) in [5, 5.41) is 6.01. The zero-order valence-electron chi connectivity index (χ0n) is 14.4. The normalized spacial score (nSPS) is 10.3. The highest BCUT2D eigenvalue weighted by atomic mass is 127. The molecule has 8 heteroatoms. The first-order chi connectivity index (χ1) is 13.1. The van der Waals surface area contributed by atoms with Gasteiger partial charge in [-0.05, 0) is 24.1 Å². The average Bonchev–Trinajstić information content (AvgIpc) is 2.69. The van der Waals surface area contributed by atoms with Crippen molar-refractivity contribution >= 4 is 46.3 Å². The second kappa shape index (κ2) is 9.17. The molecule has 3 rings (SSSR count). The highest BCUT2D eigenvalue weighted by Crippen LogP contribution is 2.20. The van der Waals surface area contributed by atoms with Crippen molar-refractivity contribution in [3.8, 4) is 11.3 Å². The Kier molecular flexibility index (Phi) is 6.42. The van der Waals surface area contributed by atoms with Gasteiger partial charge in [0.05, 0.1) is 28.6 Å². The Morgan fingerprint density at radius 2 is 1.78 bits per heavy atom. The maximum Gasteiger partial charge on any atom is 0.327 e. The molecule has 2 aromatic carbocycles. The van der Waals surface area contributed by atoms with Crippen LogP contribution in [0.2, 0.25) is 0 Å². The third-order valence-electron chi connectivity index (χ3n) is 3.83. The minimum atomic E-state index is -0.249. The molecule has 0 bridgehead atoms. The summed E-state index contributed by atoms with van der Waals surface area (Å²) in [4.78, 5) is 19.8. The van der Waals surface area contributed by atoms with Crippen LogP contribution in [-0.4, -0.2) is 22.5 Å². The lowest BCUT2D eigenvalue weighted by molar-refractivity contribution is 0.258. The van der Waals surface area contributed by atoms with Gasteiger partial charge in [-0.2, -0.15) is 4.98 Å². The molecule has 1 aromatic heterocycles. The fourth-order valence-corrected chi connectivity index (χ4v) is 2.69. The van der Waals surface area contributed by atoms with Gasteiger partial charge in [-0.15, -0.1) is 0 Å². The standard InChI is InChI=1S/C19H19IN6O/c20-26-19(27)23-15-8-6-13(7-9-15)10-11-22-17-12-16(24-18(21)25-17)14-4-2-1-3-5-14/h1-9,12H,10-11H2,(H2,23,26,27)(H3,21,22,24,25). The van der Waals surface area contributed by atoms with E-state index < -0.39 is 0 Å². The molecule has 0 atom stereocenters. The van der Waals surface area contributed by atoms with Gasteiger partial charge in [0.2, 0.25) is 5.95 Å². The van der Waals surface area contributed by atoms with Crippen molar-refractivity contribution < 1.29 is 4.79 Å². The summed E-state index contributed by atoms with van der Waals surface area (Å²) in [5.41, 5.74) is 9.52. The van der Waals surface area contributed by atoms with Gasteiger partial charge in [-0.3, -0.25) is 3.53 Å². The number of nitrogen functional groups attached to an aromatic ring is 1.